The van der Waals surface area contributed by atoms with Crippen LogP contribution in [0.3, 0.4) is 0 Å². The van der Waals surface area contributed by atoms with E-state index in [1.54, 1.807) is 17.8 Å². The molecule has 2 aliphatic rings. The summed E-state index contributed by atoms with van der Waals surface area (Å²) in [7, 11) is 0. The van der Waals surface area contributed by atoms with Gasteiger partial charge in [0.2, 0.25) is 5.91 Å². The van der Waals surface area contributed by atoms with Crippen LogP contribution >= 0.6 is 11.8 Å². The van der Waals surface area contributed by atoms with Gasteiger partial charge in [-0.05, 0) is 43.9 Å². The fraction of sp³-hybridized carbons (Fsp3) is 0.400. The van der Waals surface area contributed by atoms with Gasteiger partial charge in [-0.1, -0.05) is 36.4 Å². The number of piperidine rings is 1. The molecule has 1 saturated heterocycles. The topological polar surface area (TPSA) is 50.0 Å². The van der Waals surface area contributed by atoms with Crippen LogP contribution in [0, 0.1) is 0 Å². The molecule has 9 heteroatoms. The molecule has 4 heterocycles. The number of likely N-dealkylation sites (tertiary alicyclic amines) is 1. The number of aromatic nitrogens is 2. The summed E-state index contributed by atoms with van der Waals surface area (Å²) in [4.78, 5) is 24.7. The Morgan fingerprint density at radius 3 is 2.68 bits per heavy atom. The Morgan fingerprint density at radius 1 is 1.12 bits per heavy atom. The van der Waals surface area contributed by atoms with Crippen LogP contribution < -0.4 is 0 Å². The maximum absolute atomic E-state index is 13.7. The first kappa shape index (κ1) is 23.0. The van der Waals surface area contributed by atoms with Gasteiger partial charge in [0.15, 0.2) is 0 Å². The fourth-order valence-corrected chi connectivity index (χ4v) is 6.07. The third kappa shape index (κ3) is 4.45. The van der Waals surface area contributed by atoms with E-state index >= 15 is 0 Å². The second-order valence-electron chi connectivity index (χ2n) is 8.80. The molecule has 2 aliphatic heterocycles. The molecule has 0 radical (unpaired) electrons. The highest BCUT2D eigenvalue weighted by atomic mass is 32.2. The van der Waals surface area contributed by atoms with Crippen LogP contribution in [0.2, 0.25) is 0 Å². The predicted molar refractivity (Wildman–Crippen MR) is 127 cm³/mol. The molecule has 0 aliphatic carbocycles. The number of carbonyl (C=O) groups is 1. The summed E-state index contributed by atoms with van der Waals surface area (Å²) in [6.07, 6.45) is 0.0832. The lowest BCUT2D eigenvalue weighted by molar-refractivity contribution is -0.142. The lowest BCUT2D eigenvalue weighted by Gasteiger charge is -2.37. The van der Waals surface area contributed by atoms with Gasteiger partial charge in [0.25, 0.3) is 0 Å². The second-order valence-corrected chi connectivity index (χ2v) is 10.1. The second kappa shape index (κ2) is 9.09. The first-order valence-electron chi connectivity index (χ1n) is 11.4. The number of thioether (sulfide) groups is 1. The third-order valence-corrected chi connectivity index (χ3v) is 7.70. The summed E-state index contributed by atoms with van der Waals surface area (Å²) in [5.74, 6) is -0.0114. The smallest absolute Gasteiger partial charge is 0.337 e. The van der Waals surface area contributed by atoms with Crippen molar-refractivity contribution in [2.24, 2.45) is 4.99 Å². The van der Waals surface area contributed by atoms with Crippen molar-refractivity contribution in [3.8, 4) is 0 Å². The Labute approximate surface area is 200 Å². The van der Waals surface area contributed by atoms with Crippen LogP contribution in [0.5, 0.6) is 0 Å². The van der Waals surface area contributed by atoms with E-state index in [-0.39, 0.29) is 22.8 Å². The number of hydrogen-bond acceptors (Lipinski definition) is 4. The molecule has 5 nitrogen and oxygen atoms in total. The van der Waals surface area contributed by atoms with E-state index in [1.165, 1.54) is 12.3 Å². The molecule has 3 atom stereocenters. The van der Waals surface area contributed by atoms with Gasteiger partial charge in [0, 0.05) is 25.2 Å². The molecule has 0 spiro atoms. The molecule has 3 aromatic rings. The molecule has 178 valence electrons. The zero-order valence-electron chi connectivity index (χ0n) is 18.7. The number of aliphatic imine (C=N–C) groups is 1. The number of imidazole rings is 1. The van der Waals surface area contributed by atoms with Crippen molar-refractivity contribution >= 4 is 28.4 Å². The Hall–Kier alpha value is -2.81. The summed E-state index contributed by atoms with van der Waals surface area (Å²) in [5.41, 5.74) is 1.13. The Morgan fingerprint density at radius 2 is 1.91 bits per heavy atom. The number of halogens is 3. The number of amides is 1. The van der Waals surface area contributed by atoms with Gasteiger partial charge in [0.05, 0.1) is 16.0 Å². The normalized spacial score (nSPS) is 23.4. The zero-order chi connectivity index (χ0) is 23.9. The van der Waals surface area contributed by atoms with Crippen LogP contribution in [-0.4, -0.2) is 43.9 Å². The highest BCUT2D eigenvalue weighted by Gasteiger charge is 2.40. The van der Waals surface area contributed by atoms with Crippen LogP contribution in [0.1, 0.15) is 48.4 Å². The molecule has 34 heavy (non-hydrogen) atoms. The van der Waals surface area contributed by atoms with Crippen molar-refractivity contribution in [2.75, 3.05) is 6.54 Å². The SMILES string of the molecule is CC1=NC(C(=O)N2CCCC[C@H]2Cc2cn3c(C(F)(F)F)cccc3n2)C(c2ccccc2)S1. The van der Waals surface area contributed by atoms with Crippen molar-refractivity contribution in [3.05, 3.63) is 71.7 Å². The molecular formula is C25H25F3N4OS. The molecule has 1 fully saturated rings. The average molecular weight is 487 g/mol. The number of benzene rings is 1. The zero-order valence-corrected chi connectivity index (χ0v) is 19.5. The highest BCUT2D eigenvalue weighted by molar-refractivity contribution is 8.14. The maximum Gasteiger partial charge on any atom is 0.431 e. The van der Waals surface area contributed by atoms with E-state index in [2.05, 4.69) is 9.98 Å². The molecule has 5 rings (SSSR count). The minimum absolute atomic E-state index is 0.0114. The third-order valence-electron chi connectivity index (χ3n) is 6.47. The number of carbonyl (C=O) groups excluding carboxylic acids is 1. The maximum atomic E-state index is 13.7. The summed E-state index contributed by atoms with van der Waals surface area (Å²) in [6, 6.07) is 13.3. The number of hydrogen-bond donors (Lipinski definition) is 0. The fourth-order valence-electron chi connectivity index (χ4n) is 4.92. The number of rotatable bonds is 4. The van der Waals surface area contributed by atoms with Crippen LogP contribution in [0.15, 0.2) is 59.7 Å². The van der Waals surface area contributed by atoms with Crippen molar-refractivity contribution in [1.29, 1.82) is 0 Å². The number of fused-ring (bicyclic) bond motifs is 1. The van der Waals surface area contributed by atoms with Crippen molar-refractivity contribution in [1.82, 2.24) is 14.3 Å². The number of alkyl halides is 3. The van der Waals surface area contributed by atoms with Crippen molar-refractivity contribution < 1.29 is 18.0 Å². The van der Waals surface area contributed by atoms with E-state index in [1.807, 2.05) is 42.2 Å². The first-order valence-corrected chi connectivity index (χ1v) is 12.3. The minimum atomic E-state index is -4.47. The monoisotopic (exact) mass is 486 g/mol. The van der Waals surface area contributed by atoms with Crippen LogP contribution in [0.4, 0.5) is 13.2 Å². The lowest BCUT2D eigenvalue weighted by atomic mass is 9.96. The van der Waals surface area contributed by atoms with E-state index in [0.717, 1.165) is 40.3 Å². The number of pyridine rings is 1. The Bertz CT molecular complexity index is 1220. The molecule has 2 unspecified atom stereocenters. The van der Waals surface area contributed by atoms with Crippen LogP contribution in [-0.2, 0) is 17.4 Å². The van der Waals surface area contributed by atoms with Crippen molar-refractivity contribution in [3.63, 3.8) is 0 Å². The quantitative estimate of drug-likeness (QED) is 0.486. The van der Waals surface area contributed by atoms with Gasteiger partial charge in [-0.25, -0.2) is 4.98 Å². The van der Waals surface area contributed by atoms with Crippen molar-refractivity contribution in [2.45, 2.75) is 56.1 Å². The summed E-state index contributed by atoms with van der Waals surface area (Å²) >= 11 is 1.61. The standard InChI is InChI=1S/C25H25F3N4OS/c1-16-29-22(23(34-16)17-8-3-2-4-9-17)24(33)31-13-6-5-10-19(31)14-18-15-32-20(25(26,27)28)11-7-12-21(32)30-18/h2-4,7-9,11-12,15,19,22-23H,5-6,10,13-14H2,1H3/t19-,22?,23?/m0/s1. The largest absolute Gasteiger partial charge is 0.431 e. The van der Waals surface area contributed by atoms with Gasteiger partial charge in [-0.3, -0.25) is 14.2 Å². The molecule has 2 aromatic heterocycles. The summed E-state index contributed by atoms with van der Waals surface area (Å²) < 4.78 is 41.4. The predicted octanol–water partition coefficient (Wildman–Crippen LogP) is 5.55. The van der Waals surface area contributed by atoms with Gasteiger partial charge >= 0.3 is 6.18 Å². The summed E-state index contributed by atoms with van der Waals surface area (Å²) in [5, 5.41) is 0.821. The Balaban J connectivity index is 1.40. The van der Waals surface area contributed by atoms with E-state index < -0.39 is 17.9 Å². The van der Waals surface area contributed by atoms with Crippen LogP contribution in [0.25, 0.3) is 5.65 Å². The molecular weight excluding hydrogens is 461 g/mol. The van der Waals surface area contributed by atoms with Gasteiger partial charge in [-0.15, -0.1) is 11.8 Å². The lowest BCUT2D eigenvalue weighted by Crippen LogP contribution is -2.49. The first-order chi connectivity index (χ1) is 16.3. The van der Waals surface area contributed by atoms with E-state index in [4.69, 9.17) is 0 Å². The van der Waals surface area contributed by atoms with E-state index in [0.29, 0.717) is 18.7 Å². The van der Waals surface area contributed by atoms with E-state index in [9.17, 15) is 18.0 Å². The molecule has 1 amide bonds. The number of nitrogens with zero attached hydrogens (tertiary/aromatic N) is 4. The highest BCUT2D eigenvalue weighted by Crippen LogP contribution is 2.41. The Kier molecular flexibility index (Phi) is 6.14. The van der Waals surface area contributed by atoms with Gasteiger partial charge in [0.1, 0.15) is 17.4 Å². The molecule has 0 N–H and O–H groups in total. The van der Waals surface area contributed by atoms with Gasteiger partial charge < -0.3 is 4.90 Å². The molecule has 0 saturated carbocycles. The molecule has 0 bridgehead atoms. The average Bonchev–Trinajstić information content (AvgIpc) is 3.41. The minimum Gasteiger partial charge on any atom is -0.337 e. The molecule has 1 aromatic carbocycles. The summed E-state index contributed by atoms with van der Waals surface area (Å²) in [6.45, 7) is 2.55. The van der Waals surface area contributed by atoms with Gasteiger partial charge in [-0.2, -0.15) is 13.2 Å².